The number of hydrogen-bond acceptors (Lipinski definition) is 3. The van der Waals surface area contributed by atoms with E-state index in [1.54, 1.807) is 6.92 Å². The third kappa shape index (κ3) is 5.78. The second kappa shape index (κ2) is 10.5. The lowest BCUT2D eigenvalue weighted by atomic mass is 9.92. The average Bonchev–Trinajstić information content (AvgIpc) is 3.66. The summed E-state index contributed by atoms with van der Waals surface area (Å²) in [6.45, 7) is 6.93. The minimum Gasteiger partial charge on any atom is -0.336 e. The van der Waals surface area contributed by atoms with Crippen molar-refractivity contribution in [1.82, 2.24) is 9.80 Å². The Morgan fingerprint density at radius 2 is 1.66 bits per heavy atom. The monoisotopic (exact) mass is 473 g/mol. The van der Waals surface area contributed by atoms with Gasteiger partial charge in [-0.2, -0.15) is 0 Å². The number of amides is 2. The molecule has 186 valence electrons. The van der Waals surface area contributed by atoms with Gasteiger partial charge in [-0.1, -0.05) is 54.4 Å². The molecule has 2 bridgehead atoms. The number of carbonyl (C=O) groups excluding carboxylic acids is 2. The summed E-state index contributed by atoms with van der Waals surface area (Å²) in [5, 5.41) is 0. The molecular weight excluding hydrogens is 434 g/mol. The summed E-state index contributed by atoms with van der Waals surface area (Å²) in [4.78, 5) is 33.3. The molecule has 2 heterocycles. The molecule has 3 aliphatic rings. The number of carbonyl (C=O) groups is 2. The first-order valence-electron chi connectivity index (χ1n) is 13.4. The van der Waals surface area contributed by atoms with Crippen molar-refractivity contribution in [3.63, 3.8) is 0 Å². The van der Waals surface area contributed by atoms with E-state index < -0.39 is 0 Å². The molecule has 2 unspecified atom stereocenters. The Kier molecular flexibility index (Phi) is 7.24. The number of piperidine rings is 1. The molecule has 2 aromatic rings. The summed E-state index contributed by atoms with van der Waals surface area (Å²) in [6, 6.07) is 17.3. The number of benzene rings is 2. The van der Waals surface area contributed by atoms with Gasteiger partial charge < -0.3 is 9.80 Å². The van der Waals surface area contributed by atoms with Crippen LogP contribution >= 0.6 is 0 Å². The molecule has 0 spiro atoms. The number of fused-ring (bicyclic) bond motifs is 3. The van der Waals surface area contributed by atoms with Crippen LogP contribution in [0.15, 0.2) is 48.5 Å². The van der Waals surface area contributed by atoms with E-state index in [-0.39, 0.29) is 11.8 Å². The van der Waals surface area contributed by atoms with Gasteiger partial charge >= 0.3 is 0 Å². The Hall–Kier alpha value is -2.66. The number of aryl methyl sites for hydroxylation is 1. The summed E-state index contributed by atoms with van der Waals surface area (Å²) in [6.07, 6.45) is 7.60. The predicted molar refractivity (Wildman–Crippen MR) is 140 cm³/mol. The van der Waals surface area contributed by atoms with Crippen molar-refractivity contribution in [3.8, 4) is 0 Å². The van der Waals surface area contributed by atoms with Crippen LogP contribution < -0.4 is 4.90 Å². The van der Waals surface area contributed by atoms with Crippen LogP contribution in [0.5, 0.6) is 0 Å². The van der Waals surface area contributed by atoms with Crippen LogP contribution in [0.25, 0.3) is 0 Å². The molecule has 0 N–H and O–H groups in total. The first kappa shape index (κ1) is 24.1. The van der Waals surface area contributed by atoms with Crippen LogP contribution in [-0.4, -0.2) is 53.3 Å². The van der Waals surface area contributed by atoms with Gasteiger partial charge in [-0.15, -0.1) is 0 Å². The maximum Gasteiger partial charge on any atom is 0.227 e. The summed E-state index contributed by atoms with van der Waals surface area (Å²) in [7, 11) is 0. The molecule has 35 heavy (non-hydrogen) atoms. The SMILES string of the molecule is CC(=O)N1CCC2CCCC(CN(C(=O)Cc3ccc(C)cc3)Cc3ccccc31)N2CC1CC1. The normalized spacial score (nSPS) is 23.4. The van der Waals surface area contributed by atoms with Gasteiger partial charge in [0.2, 0.25) is 11.8 Å². The zero-order valence-corrected chi connectivity index (χ0v) is 21.3. The Morgan fingerprint density at radius 1 is 0.914 bits per heavy atom. The number of rotatable bonds is 4. The van der Waals surface area contributed by atoms with Crippen molar-refractivity contribution < 1.29 is 9.59 Å². The van der Waals surface area contributed by atoms with Crippen molar-refractivity contribution in [2.45, 2.75) is 77.4 Å². The van der Waals surface area contributed by atoms with E-state index in [1.165, 1.54) is 31.2 Å². The molecule has 1 aliphatic carbocycles. The molecule has 2 fully saturated rings. The zero-order valence-electron chi connectivity index (χ0n) is 21.3. The first-order valence-corrected chi connectivity index (χ1v) is 13.4. The summed E-state index contributed by atoms with van der Waals surface area (Å²) >= 11 is 0. The fraction of sp³-hybridized carbons (Fsp3) is 0.533. The first-order chi connectivity index (χ1) is 17.0. The Morgan fingerprint density at radius 3 is 2.40 bits per heavy atom. The fourth-order valence-corrected chi connectivity index (χ4v) is 5.96. The number of para-hydroxylation sites is 1. The fourth-order valence-electron chi connectivity index (χ4n) is 5.96. The molecule has 0 radical (unpaired) electrons. The molecule has 5 heteroatoms. The van der Waals surface area contributed by atoms with Gasteiger partial charge in [0.15, 0.2) is 0 Å². The minimum atomic E-state index is 0.0790. The molecule has 2 aromatic carbocycles. The van der Waals surface area contributed by atoms with Gasteiger partial charge in [-0.05, 0) is 62.1 Å². The molecule has 0 aromatic heterocycles. The third-order valence-electron chi connectivity index (χ3n) is 8.15. The van der Waals surface area contributed by atoms with E-state index >= 15 is 0 Å². The van der Waals surface area contributed by atoms with Crippen LogP contribution in [0, 0.1) is 12.8 Å². The Bertz CT molecular complexity index is 1050. The largest absolute Gasteiger partial charge is 0.336 e. The highest BCUT2D eigenvalue weighted by atomic mass is 16.2. The maximum atomic E-state index is 13.8. The Balaban J connectivity index is 1.49. The summed E-state index contributed by atoms with van der Waals surface area (Å²) in [5.41, 5.74) is 4.28. The van der Waals surface area contributed by atoms with Gasteiger partial charge in [-0.25, -0.2) is 0 Å². The van der Waals surface area contributed by atoms with E-state index in [0.29, 0.717) is 25.0 Å². The Labute approximate surface area is 210 Å². The van der Waals surface area contributed by atoms with Gasteiger partial charge in [0, 0.05) is 50.9 Å². The van der Waals surface area contributed by atoms with Crippen LogP contribution in [0.4, 0.5) is 5.69 Å². The lowest BCUT2D eigenvalue weighted by molar-refractivity contribution is -0.132. The number of hydrogen-bond donors (Lipinski definition) is 0. The van der Waals surface area contributed by atoms with Gasteiger partial charge in [-0.3, -0.25) is 14.5 Å². The topological polar surface area (TPSA) is 43.9 Å². The summed E-state index contributed by atoms with van der Waals surface area (Å²) in [5.74, 6) is 1.06. The van der Waals surface area contributed by atoms with Crippen molar-refractivity contribution in [2.24, 2.45) is 5.92 Å². The number of anilines is 1. The maximum absolute atomic E-state index is 13.8. The molecule has 5 nitrogen and oxygen atoms in total. The van der Waals surface area contributed by atoms with Crippen molar-refractivity contribution in [1.29, 1.82) is 0 Å². The van der Waals surface area contributed by atoms with E-state index in [9.17, 15) is 9.59 Å². The predicted octanol–water partition coefficient (Wildman–Crippen LogP) is 4.96. The zero-order chi connectivity index (χ0) is 24.4. The van der Waals surface area contributed by atoms with Gasteiger partial charge in [0.1, 0.15) is 0 Å². The van der Waals surface area contributed by atoms with E-state index in [0.717, 1.165) is 55.2 Å². The molecule has 2 aliphatic heterocycles. The average molecular weight is 474 g/mol. The second-order valence-electron chi connectivity index (χ2n) is 10.9. The van der Waals surface area contributed by atoms with Crippen molar-refractivity contribution >= 4 is 17.5 Å². The van der Waals surface area contributed by atoms with Crippen LogP contribution in [0.2, 0.25) is 0 Å². The molecule has 5 rings (SSSR count). The second-order valence-corrected chi connectivity index (χ2v) is 10.9. The van der Waals surface area contributed by atoms with Gasteiger partial charge in [0.25, 0.3) is 0 Å². The lowest BCUT2D eigenvalue weighted by Crippen LogP contribution is -2.53. The molecule has 2 atom stereocenters. The highest BCUT2D eigenvalue weighted by Crippen LogP contribution is 2.36. The number of nitrogens with zero attached hydrogens (tertiary/aromatic N) is 3. The van der Waals surface area contributed by atoms with Crippen LogP contribution in [-0.2, 0) is 22.6 Å². The summed E-state index contributed by atoms with van der Waals surface area (Å²) < 4.78 is 0. The van der Waals surface area contributed by atoms with Crippen LogP contribution in [0.3, 0.4) is 0 Å². The minimum absolute atomic E-state index is 0.0790. The van der Waals surface area contributed by atoms with Crippen molar-refractivity contribution in [3.05, 3.63) is 65.2 Å². The van der Waals surface area contributed by atoms with Crippen molar-refractivity contribution in [2.75, 3.05) is 24.5 Å². The van der Waals surface area contributed by atoms with E-state index in [4.69, 9.17) is 0 Å². The molecule has 1 saturated heterocycles. The third-order valence-corrected chi connectivity index (χ3v) is 8.15. The lowest BCUT2D eigenvalue weighted by Gasteiger charge is -2.44. The highest BCUT2D eigenvalue weighted by molar-refractivity contribution is 5.92. The quantitative estimate of drug-likeness (QED) is 0.631. The van der Waals surface area contributed by atoms with Gasteiger partial charge in [0.05, 0.1) is 6.42 Å². The molecule has 1 saturated carbocycles. The van der Waals surface area contributed by atoms with E-state index in [2.05, 4.69) is 47.1 Å². The highest BCUT2D eigenvalue weighted by Gasteiger charge is 2.37. The van der Waals surface area contributed by atoms with Crippen LogP contribution in [0.1, 0.15) is 62.1 Å². The molecule has 2 amide bonds. The smallest absolute Gasteiger partial charge is 0.227 e. The molecular formula is C30H39N3O2. The standard InChI is InChI=1S/C30H39N3O2/c1-22-10-12-24(13-11-22)18-30(35)31-20-26-6-3-4-9-29(26)32(23(2)34)17-16-27-7-5-8-28(21-31)33(27)19-25-14-15-25/h3-4,6,9-13,25,27-28H,5,7-8,14-21H2,1-2H3. The van der Waals surface area contributed by atoms with E-state index in [1.807, 2.05) is 23.1 Å².